The van der Waals surface area contributed by atoms with Gasteiger partial charge in [0.25, 0.3) is 0 Å². The summed E-state index contributed by atoms with van der Waals surface area (Å²) < 4.78 is 7.65. The highest BCUT2D eigenvalue weighted by atomic mass is 127. The predicted octanol–water partition coefficient (Wildman–Crippen LogP) is 3.43. The number of oxazole rings is 1. The third-order valence-corrected chi connectivity index (χ3v) is 3.59. The van der Waals surface area contributed by atoms with E-state index in [9.17, 15) is 0 Å². The predicted molar refractivity (Wildman–Crippen MR) is 75.1 cm³/mol. The monoisotopic (exact) mass is 392 g/mol. The molecule has 0 radical (unpaired) electrons. The van der Waals surface area contributed by atoms with E-state index in [0.717, 1.165) is 25.1 Å². The normalized spacial score (nSPS) is 10.7. The van der Waals surface area contributed by atoms with Crippen molar-refractivity contribution < 1.29 is 4.42 Å². The van der Waals surface area contributed by atoms with Crippen LogP contribution < -0.4 is 5.32 Å². The highest BCUT2D eigenvalue weighted by molar-refractivity contribution is 14.1. The van der Waals surface area contributed by atoms with Gasteiger partial charge in [-0.1, -0.05) is 15.9 Å². The maximum absolute atomic E-state index is 5.46. The second-order valence-electron chi connectivity index (χ2n) is 3.28. The molecule has 0 bridgehead atoms. The first-order valence-electron chi connectivity index (χ1n) is 4.74. The second kappa shape index (κ2) is 5.29. The maximum atomic E-state index is 5.46. The van der Waals surface area contributed by atoms with E-state index in [1.165, 1.54) is 6.39 Å². The van der Waals surface area contributed by atoms with Crippen molar-refractivity contribution in [3.05, 3.63) is 38.3 Å². The summed E-state index contributed by atoms with van der Waals surface area (Å²) in [7, 11) is 1.89. The number of hydrogen-bond acceptors (Lipinski definition) is 3. The molecule has 1 N–H and O–H groups in total. The molecule has 0 saturated carbocycles. The third-order valence-electron chi connectivity index (χ3n) is 2.16. The maximum Gasteiger partial charge on any atom is 0.181 e. The molecule has 0 aliphatic heterocycles. The topological polar surface area (TPSA) is 38.1 Å². The van der Waals surface area contributed by atoms with E-state index in [1.807, 2.05) is 25.2 Å². The van der Waals surface area contributed by atoms with E-state index in [0.29, 0.717) is 6.54 Å². The van der Waals surface area contributed by atoms with E-state index in [1.54, 1.807) is 0 Å². The first-order valence-corrected chi connectivity index (χ1v) is 6.62. The lowest BCUT2D eigenvalue weighted by Crippen LogP contribution is -2.06. The zero-order chi connectivity index (χ0) is 11.5. The molecule has 16 heavy (non-hydrogen) atoms. The van der Waals surface area contributed by atoms with E-state index in [4.69, 9.17) is 4.42 Å². The summed E-state index contributed by atoms with van der Waals surface area (Å²) in [6.07, 6.45) is 1.49. The zero-order valence-electron chi connectivity index (χ0n) is 8.63. The van der Waals surface area contributed by atoms with Gasteiger partial charge in [-0.15, -0.1) is 0 Å². The van der Waals surface area contributed by atoms with Crippen molar-refractivity contribution in [2.45, 2.75) is 6.54 Å². The van der Waals surface area contributed by atoms with Crippen molar-refractivity contribution in [1.29, 1.82) is 0 Å². The Morgan fingerprint density at radius 1 is 1.50 bits per heavy atom. The van der Waals surface area contributed by atoms with Gasteiger partial charge in [0, 0.05) is 20.2 Å². The highest BCUT2D eigenvalue weighted by Crippen LogP contribution is 2.30. The van der Waals surface area contributed by atoms with Crippen LogP contribution in [0.15, 0.2) is 33.5 Å². The smallest absolute Gasteiger partial charge is 0.181 e. The number of nitrogens with zero attached hydrogens (tertiary/aromatic N) is 1. The average molecular weight is 393 g/mol. The first kappa shape index (κ1) is 12.1. The number of benzene rings is 1. The van der Waals surface area contributed by atoms with Crippen LogP contribution in [0.4, 0.5) is 0 Å². The molecule has 2 rings (SSSR count). The summed E-state index contributed by atoms with van der Waals surface area (Å²) in [5.41, 5.74) is 2.00. The third kappa shape index (κ3) is 2.46. The number of nitrogens with one attached hydrogen (secondary N) is 1. The van der Waals surface area contributed by atoms with E-state index < -0.39 is 0 Å². The average Bonchev–Trinajstić information content (AvgIpc) is 2.70. The van der Waals surface area contributed by atoms with Gasteiger partial charge in [0.2, 0.25) is 0 Å². The Kier molecular flexibility index (Phi) is 3.99. The molecule has 3 nitrogen and oxygen atoms in total. The molecule has 0 aliphatic carbocycles. The molecule has 0 saturated heterocycles. The van der Waals surface area contributed by atoms with Crippen LogP contribution in [0.5, 0.6) is 0 Å². The van der Waals surface area contributed by atoms with Crippen molar-refractivity contribution >= 4 is 38.5 Å². The largest absolute Gasteiger partial charge is 0.443 e. The number of rotatable bonds is 3. The van der Waals surface area contributed by atoms with Crippen LogP contribution in [0.2, 0.25) is 0 Å². The molecule has 0 spiro atoms. The van der Waals surface area contributed by atoms with Gasteiger partial charge in [-0.3, -0.25) is 0 Å². The fraction of sp³-hybridized carbons (Fsp3) is 0.182. The minimum Gasteiger partial charge on any atom is -0.443 e. The molecular weight excluding hydrogens is 383 g/mol. The molecule has 0 amide bonds. The summed E-state index contributed by atoms with van der Waals surface area (Å²) in [5, 5.41) is 3.08. The number of hydrogen-bond donors (Lipinski definition) is 1. The van der Waals surface area contributed by atoms with Gasteiger partial charge in [-0.2, -0.15) is 0 Å². The van der Waals surface area contributed by atoms with Gasteiger partial charge in [-0.25, -0.2) is 4.98 Å². The number of aromatic nitrogens is 1. The van der Waals surface area contributed by atoms with Crippen molar-refractivity contribution in [1.82, 2.24) is 10.3 Å². The highest BCUT2D eigenvalue weighted by Gasteiger charge is 2.13. The Bertz CT molecular complexity index is 498. The minimum atomic E-state index is 0.703. The molecule has 84 valence electrons. The molecule has 5 heteroatoms. The molecule has 0 unspecified atom stereocenters. The van der Waals surface area contributed by atoms with Crippen molar-refractivity contribution in [3.63, 3.8) is 0 Å². The van der Waals surface area contributed by atoms with Crippen LogP contribution in [0.1, 0.15) is 5.69 Å². The van der Waals surface area contributed by atoms with Crippen LogP contribution in [0, 0.1) is 3.57 Å². The number of halogens is 2. The van der Waals surface area contributed by atoms with Gasteiger partial charge in [0.15, 0.2) is 12.2 Å². The summed E-state index contributed by atoms with van der Waals surface area (Å²) in [6.45, 7) is 0.703. The lowest BCUT2D eigenvalue weighted by atomic mass is 10.1. The molecule has 0 atom stereocenters. The fourth-order valence-electron chi connectivity index (χ4n) is 1.45. The van der Waals surface area contributed by atoms with Crippen molar-refractivity contribution in [2.75, 3.05) is 7.05 Å². The summed E-state index contributed by atoms with van der Waals surface area (Å²) in [6, 6.07) is 6.10. The SMILES string of the molecule is CNCc1ncoc1-c1cc(Br)ccc1I. The van der Waals surface area contributed by atoms with Crippen molar-refractivity contribution in [3.8, 4) is 11.3 Å². The minimum absolute atomic E-state index is 0.703. The zero-order valence-corrected chi connectivity index (χ0v) is 12.4. The summed E-state index contributed by atoms with van der Waals surface area (Å²) in [4.78, 5) is 4.21. The van der Waals surface area contributed by atoms with Crippen LogP contribution in [0.25, 0.3) is 11.3 Å². The van der Waals surface area contributed by atoms with Gasteiger partial charge in [-0.05, 0) is 47.8 Å². The van der Waals surface area contributed by atoms with Gasteiger partial charge < -0.3 is 9.73 Å². The molecule has 1 aromatic carbocycles. The Morgan fingerprint density at radius 3 is 3.06 bits per heavy atom. The van der Waals surface area contributed by atoms with Gasteiger partial charge in [0.05, 0.1) is 0 Å². The first-order chi connectivity index (χ1) is 7.72. The van der Waals surface area contributed by atoms with Crippen LogP contribution in [-0.2, 0) is 6.54 Å². The molecule has 1 aromatic heterocycles. The summed E-state index contributed by atoms with van der Waals surface area (Å²) >= 11 is 5.76. The van der Waals surface area contributed by atoms with Crippen molar-refractivity contribution in [2.24, 2.45) is 0 Å². The fourth-order valence-corrected chi connectivity index (χ4v) is 2.39. The summed E-state index contributed by atoms with van der Waals surface area (Å²) in [5.74, 6) is 0.833. The molecular formula is C11H10BrIN2O. The Hall–Kier alpha value is -0.400. The Balaban J connectivity index is 2.49. The second-order valence-corrected chi connectivity index (χ2v) is 5.36. The van der Waals surface area contributed by atoms with E-state index in [-0.39, 0.29) is 0 Å². The Labute approximate surface area is 116 Å². The Morgan fingerprint density at radius 2 is 2.31 bits per heavy atom. The quantitative estimate of drug-likeness (QED) is 0.813. The molecule has 1 heterocycles. The van der Waals surface area contributed by atoms with Crippen LogP contribution >= 0.6 is 38.5 Å². The molecule has 0 aliphatic rings. The van der Waals surface area contributed by atoms with E-state index >= 15 is 0 Å². The molecule has 0 fully saturated rings. The van der Waals surface area contributed by atoms with Crippen LogP contribution in [-0.4, -0.2) is 12.0 Å². The van der Waals surface area contributed by atoms with E-state index in [2.05, 4.69) is 48.8 Å². The lowest BCUT2D eigenvalue weighted by molar-refractivity contribution is 0.570. The van der Waals surface area contributed by atoms with Gasteiger partial charge in [0.1, 0.15) is 5.69 Å². The van der Waals surface area contributed by atoms with Gasteiger partial charge >= 0.3 is 0 Å². The standard InChI is InChI=1S/C11H10BrIN2O/c1-14-5-10-11(16-6-15-10)8-4-7(12)2-3-9(8)13/h2-4,6,14H,5H2,1H3. The van der Waals surface area contributed by atoms with Crippen LogP contribution in [0.3, 0.4) is 0 Å². The molecule has 2 aromatic rings. The lowest BCUT2D eigenvalue weighted by Gasteiger charge is -2.04.